The Balaban J connectivity index is 1.08. The van der Waals surface area contributed by atoms with Gasteiger partial charge in [0.15, 0.2) is 0 Å². The van der Waals surface area contributed by atoms with Crippen LogP contribution >= 0.6 is 0 Å². The molecule has 0 N–H and O–H groups in total. The van der Waals surface area contributed by atoms with E-state index in [-0.39, 0.29) is 36.3 Å². The summed E-state index contributed by atoms with van der Waals surface area (Å²) in [5, 5.41) is 6.76. The number of anilines is 6. The molecule has 4 aromatic heterocycles. The molecular formula is C74H58N4. The van der Waals surface area contributed by atoms with Crippen LogP contribution in [0.25, 0.3) is 98.4 Å². The zero-order valence-corrected chi connectivity index (χ0v) is 44.4. The summed E-state index contributed by atoms with van der Waals surface area (Å²) in [4.78, 5) is 4.51. The topological polar surface area (TPSA) is 15.3 Å². The molecule has 374 valence electrons. The summed E-state index contributed by atoms with van der Waals surface area (Å²) in [5.74, 6) is 0. The van der Waals surface area contributed by atoms with Gasteiger partial charge in [0.25, 0.3) is 0 Å². The fraction of sp³-hybridized carbons (Fsp3) is 0.108. The summed E-state index contributed by atoms with van der Waals surface area (Å²) in [6.07, 6.45) is 0. The van der Waals surface area contributed by atoms with Gasteiger partial charge in [-0.3, -0.25) is 0 Å². The minimum atomic E-state index is -0.605. The molecule has 0 bridgehead atoms. The number of benzene rings is 11. The zero-order chi connectivity index (χ0) is 57.8. The number of nitrogens with zero attached hydrogens (tertiary/aromatic N) is 4. The number of rotatable bonds is 8. The maximum Gasteiger partial charge on any atom is 0.0641 e. The molecule has 0 saturated heterocycles. The third-order valence-electron chi connectivity index (χ3n) is 16.1. The lowest BCUT2D eigenvalue weighted by molar-refractivity contribution is 0.594. The van der Waals surface area contributed by atoms with E-state index in [2.05, 4.69) is 218 Å². The van der Waals surface area contributed by atoms with E-state index in [0.29, 0.717) is 21.9 Å². The second-order valence-corrected chi connectivity index (χ2v) is 22.9. The second kappa shape index (κ2) is 17.1. The number of hydrogen-bond donors (Lipinski definition) is 0. The van der Waals surface area contributed by atoms with Crippen molar-refractivity contribution >= 4 is 110 Å². The highest BCUT2D eigenvalue weighted by molar-refractivity contribution is 6.32. The van der Waals surface area contributed by atoms with Gasteiger partial charge in [0.05, 0.1) is 52.7 Å². The van der Waals surface area contributed by atoms with Crippen molar-refractivity contribution in [2.75, 3.05) is 9.80 Å². The van der Waals surface area contributed by atoms with Crippen LogP contribution in [0.5, 0.6) is 0 Å². The maximum atomic E-state index is 9.98. The molecule has 15 aromatic rings. The van der Waals surface area contributed by atoms with Gasteiger partial charge >= 0.3 is 0 Å². The fourth-order valence-electron chi connectivity index (χ4n) is 12.6. The Morgan fingerprint density at radius 1 is 0.321 bits per heavy atom. The lowest BCUT2D eigenvalue weighted by Gasteiger charge is -2.27. The highest BCUT2D eigenvalue weighted by Gasteiger charge is 2.31. The number of fused-ring (bicyclic) bond motifs is 12. The Morgan fingerprint density at radius 3 is 1.01 bits per heavy atom. The predicted octanol–water partition coefficient (Wildman–Crippen LogP) is 20.9. The summed E-state index contributed by atoms with van der Waals surface area (Å²) in [6, 6.07) is 71.8. The van der Waals surface area contributed by atoms with Crippen molar-refractivity contribution < 1.29 is 8.22 Å². The Morgan fingerprint density at radius 2 is 0.654 bits per heavy atom. The quantitative estimate of drug-likeness (QED) is 0.151. The van der Waals surface area contributed by atoms with Gasteiger partial charge < -0.3 is 18.6 Å². The van der Waals surface area contributed by atoms with Crippen LogP contribution in [0, 0.1) is 0 Å². The van der Waals surface area contributed by atoms with Crippen molar-refractivity contribution in [1.29, 1.82) is 0 Å². The smallest absolute Gasteiger partial charge is 0.0641 e. The summed E-state index contributed by atoms with van der Waals surface area (Å²) in [7, 11) is 0. The van der Waals surface area contributed by atoms with Crippen LogP contribution in [0.2, 0.25) is 0 Å². The fourth-order valence-corrected chi connectivity index (χ4v) is 12.6. The number of hydrogen-bond acceptors (Lipinski definition) is 2. The first-order valence-corrected chi connectivity index (χ1v) is 26.9. The van der Waals surface area contributed by atoms with Crippen LogP contribution in [0.4, 0.5) is 34.1 Å². The number of para-hydroxylation sites is 4. The molecule has 15 rings (SSSR count). The first-order valence-electron chi connectivity index (χ1n) is 29.9. The lowest BCUT2D eigenvalue weighted by atomic mass is 9.85. The van der Waals surface area contributed by atoms with Crippen LogP contribution < -0.4 is 9.80 Å². The molecule has 4 heterocycles. The van der Waals surface area contributed by atoms with E-state index in [4.69, 9.17) is 0 Å². The summed E-state index contributed by atoms with van der Waals surface area (Å²) in [6.45, 7) is 12.6. The molecule has 0 saturated carbocycles. The Bertz CT molecular complexity index is 4800. The van der Waals surface area contributed by atoms with Crippen molar-refractivity contribution in [2.24, 2.45) is 0 Å². The van der Waals surface area contributed by atoms with Gasteiger partial charge in [-0.2, -0.15) is 0 Å². The average Bonchev–Trinajstić information content (AvgIpc) is 2.06. The SMILES string of the molecule is [2H]c1c([2H])c(C(C)(C)C)c2c(c1[2H])c1c(N(c3ccccc3)c3ccc(-c4ccccc4)cc3)ccc3c4cc5c(cc4n2c31)c1ccc(N(c2ccccc2)c2ccc(-c3ccccc3)cc2)c2c3c([2H])c([2H])c([2H])c(C(C)(C)C)c3n5c12. The molecule has 11 aromatic carbocycles. The zero-order valence-electron chi connectivity index (χ0n) is 50.4. The van der Waals surface area contributed by atoms with Crippen LogP contribution in [0.3, 0.4) is 0 Å². The standard InChI is InChI=1S/C74H58N4/c1-73(2,3)61-31-19-29-57-67-63(75(51-25-15-9-16-26-51)53-37-33-49(34-38-53)47-21-11-7-12-22-47)43-41-55-59-46-66-60(45-65(59)77(69(57)61)71(55)67)56-42-44-64(68-58-30-20-32-62(74(4,5)6)70(58)78(66)72(56)68)76(52-27-17-10-18-28-52)54-39-35-50(36-40-54)48-23-13-8-14-24-48/h7-46H,1-6H3/i19D,20D,29D,30D,31D,32D. The molecule has 0 amide bonds. The molecule has 4 heteroatoms. The van der Waals surface area contributed by atoms with Crippen LogP contribution in [0.15, 0.2) is 243 Å². The molecule has 0 radical (unpaired) electrons. The van der Waals surface area contributed by atoms with Gasteiger partial charge in [-0.25, -0.2) is 0 Å². The van der Waals surface area contributed by atoms with Crippen LogP contribution in [-0.2, 0) is 10.8 Å². The third kappa shape index (κ3) is 6.85. The molecule has 4 nitrogen and oxygen atoms in total. The van der Waals surface area contributed by atoms with E-state index in [0.717, 1.165) is 122 Å². The molecule has 78 heavy (non-hydrogen) atoms. The largest absolute Gasteiger partial charge is 0.310 e. The van der Waals surface area contributed by atoms with Gasteiger partial charge in [0, 0.05) is 65.8 Å². The molecule has 0 aliphatic heterocycles. The van der Waals surface area contributed by atoms with E-state index in [1.54, 1.807) is 0 Å². The van der Waals surface area contributed by atoms with Gasteiger partial charge in [-0.15, -0.1) is 0 Å². The first kappa shape index (κ1) is 40.0. The number of aromatic nitrogens is 2. The van der Waals surface area contributed by atoms with Crippen molar-refractivity contribution in [2.45, 2.75) is 52.4 Å². The summed E-state index contributed by atoms with van der Waals surface area (Å²) in [5.41, 5.74) is 15.2. The van der Waals surface area contributed by atoms with E-state index >= 15 is 0 Å². The highest BCUT2D eigenvalue weighted by Crippen LogP contribution is 2.53. The van der Waals surface area contributed by atoms with E-state index in [9.17, 15) is 8.22 Å². The molecule has 0 atom stereocenters. The molecule has 0 unspecified atom stereocenters. The minimum Gasteiger partial charge on any atom is -0.310 e. The van der Waals surface area contributed by atoms with E-state index < -0.39 is 10.8 Å². The van der Waals surface area contributed by atoms with Crippen molar-refractivity contribution in [1.82, 2.24) is 8.80 Å². The Kier molecular flexibility index (Phi) is 8.74. The normalized spacial score (nSPS) is 13.6. The molecule has 0 aliphatic carbocycles. The molecular weight excluding hydrogens is 945 g/mol. The van der Waals surface area contributed by atoms with Gasteiger partial charge in [0.1, 0.15) is 0 Å². The monoisotopic (exact) mass is 1010 g/mol. The minimum absolute atomic E-state index is 0.0143. The van der Waals surface area contributed by atoms with E-state index in [1.165, 1.54) is 0 Å². The average molecular weight is 1010 g/mol. The van der Waals surface area contributed by atoms with Crippen LogP contribution in [0.1, 0.15) is 60.9 Å². The maximum absolute atomic E-state index is 9.98. The lowest BCUT2D eigenvalue weighted by Crippen LogP contribution is -2.12. The van der Waals surface area contributed by atoms with Gasteiger partial charge in [-0.1, -0.05) is 211 Å². The van der Waals surface area contributed by atoms with Crippen molar-refractivity contribution in [3.63, 3.8) is 0 Å². The summed E-state index contributed by atoms with van der Waals surface area (Å²) >= 11 is 0. The Labute approximate surface area is 463 Å². The van der Waals surface area contributed by atoms with Gasteiger partial charge in [0.2, 0.25) is 0 Å². The molecule has 0 fully saturated rings. The van der Waals surface area contributed by atoms with Gasteiger partial charge in [-0.05, 0) is 117 Å². The van der Waals surface area contributed by atoms with Crippen molar-refractivity contribution in [3.8, 4) is 22.3 Å². The molecule has 0 aliphatic rings. The second-order valence-electron chi connectivity index (χ2n) is 22.9. The molecule has 0 spiro atoms. The Hall–Kier alpha value is -9.38. The van der Waals surface area contributed by atoms with Crippen molar-refractivity contribution in [3.05, 3.63) is 254 Å². The van der Waals surface area contributed by atoms with E-state index in [1.807, 2.05) is 48.5 Å². The van der Waals surface area contributed by atoms with Crippen LogP contribution in [-0.4, -0.2) is 8.80 Å². The predicted molar refractivity (Wildman–Crippen MR) is 333 cm³/mol. The highest BCUT2D eigenvalue weighted by atomic mass is 15.2. The summed E-state index contributed by atoms with van der Waals surface area (Å²) < 4.78 is 63.0. The first-order chi connectivity index (χ1) is 40.5. The third-order valence-corrected chi connectivity index (χ3v) is 16.1.